The van der Waals surface area contributed by atoms with Gasteiger partial charge in [-0.05, 0) is 38.8 Å². The highest BCUT2D eigenvalue weighted by atomic mass is 15.0. The zero-order valence-electron chi connectivity index (χ0n) is 11.7. The van der Waals surface area contributed by atoms with Crippen LogP contribution in [0.4, 0.5) is 0 Å². The fourth-order valence-corrected chi connectivity index (χ4v) is 2.86. The molecule has 0 radical (unpaired) electrons. The minimum Gasteiger partial charge on any atom is -0.345 e. The molecule has 1 aromatic carbocycles. The van der Waals surface area contributed by atoms with E-state index in [2.05, 4.69) is 48.4 Å². The summed E-state index contributed by atoms with van der Waals surface area (Å²) in [6.07, 6.45) is 2.47. The van der Waals surface area contributed by atoms with Crippen molar-refractivity contribution in [3.63, 3.8) is 0 Å². The zero-order chi connectivity index (χ0) is 13.2. The van der Waals surface area contributed by atoms with Crippen LogP contribution in [0.15, 0.2) is 24.3 Å². The number of nitrogens with zero attached hydrogens (tertiary/aromatic N) is 1. The SMILES string of the molecule is Cc1ccccc1-c1nc(C2CCCNC2)[nH]c1C. The summed E-state index contributed by atoms with van der Waals surface area (Å²) in [4.78, 5) is 8.36. The highest BCUT2D eigenvalue weighted by Crippen LogP contribution is 2.28. The molecule has 0 spiro atoms. The Labute approximate surface area is 114 Å². The van der Waals surface area contributed by atoms with Gasteiger partial charge in [0.2, 0.25) is 0 Å². The number of nitrogens with one attached hydrogen (secondary N) is 2. The molecule has 2 heterocycles. The third kappa shape index (κ3) is 2.43. The molecular weight excluding hydrogens is 234 g/mol. The Balaban J connectivity index is 1.95. The number of hydrogen-bond donors (Lipinski definition) is 2. The van der Waals surface area contributed by atoms with Crippen LogP contribution < -0.4 is 5.32 Å². The van der Waals surface area contributed by atoms with Gasteiger partial charge in [-0.2, -0.15) is 0 Å². The number of aryl methyl sites for hydroxylation is 2. The van der Waals surface area contributed by atoms with Crippen molar-refractivity contribution in [2.45, 2.75) is 32.6 Å². The summed E-state index contributed by atoms with van der Waals surface area (Å²) in [5.41, 5.74) is 4.81. The molecular formula is C16H21N3. The van der Waals surface area contributed by atoms with Gasteiger partial charge in [0.15, 0.2) is 0 Å². The minimum atomic E-state index is 0.533. The lowest BCUT2D eigenvalue weighted by Gasteiger charge is -2.20. The minimum absolute atomic E-state index is 0.533. The van der Waals surface area contributed by atoms with Gasteiger partial charge < -0.3 is 10.3 Å². The molecule has 1 fully saturated rings. The summed E-state index contributed by atoms with van der Waals surface area (Å²) in [5.74, 6) is 1.67. The predicted molar refractivity (Wildman–Crippen MR) is 78.3 cm³/mol. The number of benzene rings is 1. The first-order valence-corrected chi connectivity index (χ1v) is 7.09. The van der Waals surface area contributed by atoms with Crippen molar-refractivity contribution >= 4 is 0 Å². The Kier molecular flexibility index (Phi) is 3.38. The third-order valence-electron chi connectivity index (χ3n) is 3.99. The van der Waals surface area contributed by atoms with Crippen LogP contribution in [0.3, 0.4) is 0 Å². The average Bonchev–Trinajstić information content (AvgIpc) is 2.82. The molecule has 1 saturated heterocycles. The Bertz CT molecular complexity index is 565. The monoisotopic (exact) mass is 255 g/mol. The summed E-state index contributed by atoms with van der Waals surface area (Å²) < 4.78 is 0. The quantitative estimate of drug-likeness (QED) is 0.865. The van der Waals surface area contributed by atoms with Crippen LogP contribution in [0.5, 0.6) is 0 Å². The number of rotatable bonds is 2. The Hall–Kier alpha value is -1.61. The van der Waals surface area contributed by atoms with E-state index in [0.29, 0.717) is 5.92 Å². The molecule has 19 heavy (non-hydrogen) atoms. The zero-order valence-corrected chi connectivity index (χ0v) is 11.7. The first-order chi connectivity index (χ1) is 9.25. The Morgan fingerprint density at radius 3 is 2.79 bits per heavy atom. The molecule has 0 amide bonds. The fraction of sp³-hybridized carbons (Fsp3) is 0.438. The molecule has 0 bridgehead atoms. The molecule has 3 rings (SSSR count). The second-order valence-electron chi connectivity index (χ2n) is 5.45. The smallest absolute Gasteiger partial charge is 0.111 e. The van der Waals surface area contributed by atoms with Gasteiger partial charge in [-0.25, -0.2) is 4.98 Å². The van der Waals surface area contributed by atoms with E-state index in [-0.39, 0.29) is 0 Å². The van der Waals surface area contributed by atoms with Crippen LogP contribution in [0.1, 0.15) is 35.8 Å². The Morgan fingerprint density at radius 2 is 2.05 bits per heavy atom. The van der Waals surface area contributed by atoms with Crippen molar-refractivity contribution in [2.75, 3.05) is 13.1 Å². The number of hydrogen-bond acceptors (Lipinski definition) is 2. The van der Waals surface area contributed by atoms with Gasteiger partial charge >= 0.3 is 0 Å². The van der Waals surface area contributed by atoms with Gasteiger partial charge in [0.05, 0.1) is 5.69 Å². The number of aromatic amines is 1. The van der Waals surface area contributed by atoms with E-state index in [1.165, 1.54) is 29.7 Å². The molecule has 0 saturated carbocycles. The van der Waals surface area contributed by atoms with E-state index >= 15 is 0 Å². The number of aromatic nitrogens is 2. The van der Waals surface area contributed by atoms with Crippen LogP contribution >= 0.6 is 0 Å². The van der Waals surface area contributed by atoms with Crippen molar-refractivity contribution in [3.05, 3.63) is 41.3 Å². The largest absolute Gasteiger partial charge is 0.345 e. The molecule has 1 aromatic heterocycles. The maximum atomic E-state index is 4.87. The molecule has 1 aliphatic rings. The highest BCUT2D eigenvalue weighted by Gasteiger charge is 2.20. The standard InChI is InChI=1S/C16H21N3/c1-11-6-3-4-8-14(11)15-12(2)18-16(19-15)13-7-5-9-17-10-13/h3-4,6,8,13,17H,5,7,9-10H2,1-2H3,(H,18,19). The fourth-order valence-electron chi connectivity index (χ4n) is 2.86. The van der Waals surface area contributed by atoms with Crippen molar-refractivity contribution in [1.82, 2.24) is 15.3 Å². The number of piperidine rings is 1. The summed E-state index contributed by atoms with van der Waals surface area (Å²) in [6.45, 7) is 6.45. The first-order valence-electron chi connectivity index (χ1n) is 7.09. The molecule has 2 N–H and O–H groups in total. The molecule has 100 valence electrons. The summed E-state index contributed by atoms with van der Waals surface area (Å²) in [6, 6.07) is 8.46. The maximum absolute atomic E-state index is 4.87. The number of imidazole rings is 1. The lowest BCUT2D eigenvalue weighted by atomic mass is 9.99. The van der Waals surface area contributed by atoms with Crippen molar-refractivity contribution in [1.29, 1.82) is 0 Å². The van der Waals surface area contributed by atoms with Gasteiger partial charge in [-0.1, -0.05) is 24.3 Å². The molecule has 1 aliphatic heterocycles. The van der Waals surface area contributed by atoms with E-state index < -0.39 is 0 Å². The number of H-pyrrole nitrogens is 1. The lowest BCUT2D eigenvalue weighted by Crippen LogP contribution is -2.28. The summed E-state index contributed by atoms with van der Waals surface area (Å²) >= 11 is 0. The van der Waals surface area contributed by atoms with E-state index in [1.54, 1.807) is 0 Å². The topological polar surface area (TPSA) is 40.7 Å². The van der Waals surface area contributed by atoms with Crippen LogP contribution in [0, 0.1) is 13.8 Å². The lowest BCUT2D eigenvalue weighted by molar-refractivity contribution is 0.448. The third-order valence-corrected chi connectivity index (χ3v) is 3.99. The summed E-state index contributed by atoms with van der Waals surface area (Å²) in [5, 5.41) is 3.45. The van der Waals surface area contributed by atoms with Crippen LogP contribution in [0.2, 0.25) is 0 Å². The van der Waals surface area contributed by atoms with E-state index in [1.807, 2.05) is 0 Å². The second-order valence-corrected chi connectivity index (χ2v) is 5.45. The van der Waals surface area contributed by atoms with Crippen LogP contribution in [-0.4, -0.2) is 23.1 Å². The maximum Gasteiger partial charge on any atom is 0.111 e. The van der Waals surface area contributed by atoms with Crippen molar-refractivity contribution in [3.8, 4) is 11.3 Å². The second kappa shape index (κ2) is 5.17. The van der Waals surface area contributed by atoms with Crippen molar-refractivity contribution < 1.29 is 0 Å². The molecule has 3 heteroatoms. The van der Waals surface area contributed by atoms with Gasteiger partial charge in [0.1, 0.15) is 5.82 Å². The van der Waals surface area contributed by atoms with Crippen LogP contribution in [0.25, 0.3) is 11.3 Å². The molecule has 0 aliphatic carbocycles. The Morgan fingerprint density at radius 1 is 1.21 bits per heavy atom. The molecule has 1 atom stereocenters. The van der Waals surface area contributed by atoms with E-state index in [9.17, 15) is 0 Å². The van der Waals surface area contributed by atoms with E-state index in [4.69, 9.17) is 4.98 Å². The summed E-state index contributed by atoms with van der Waals surface area (Å²) in [7, 11) is 0. The molecule has 3 nitrogen and oxygen atoms in total. The van der Waals surface area contributed by atoms with Gasteiger partial charge in [-0.3, -0.25) is 0 Å². The first kappa shape index (κ1) is 12.4. The normalized spacial score (nSPS) is 19.6. The molecule has 1 unspecified atom stereocenters. The van der Waals surface area contributed by atoms with Gasteiger partial charge in [0, 0.05) is 23.7 Å². The van der Waals surface area contributed by atoms with Crippen LogP contribution in [-0.2, 0) is 0 Å². The van der Waals surface area contributed by atoms with Crippen molar-refractivity contribution in [2.24, 2.45) is 0 Å². The van der Waals surface area contributed by atoms with Gasteiger partial charge in [-0.15, -0.1) is 0 Å². The van der Waals surface area contributed by atoms with Gasteiger partial charge in [0.25, 0.3) is 0 Å². The van der Waals surface area contributed by atoms with E-state index in [0.717, 1.165) is 24.6 Å². The highest BCUT2D eigenvalue weighted by molar-refractivity contribution is 5.65. The molecule has 2 aromatic rings. The predicted octanol–water partition coefficient (Wildman–Crippen LogP) is 3.16. The average molecular weight is 255 g/mol.